The Morgan fingerprint density at radius 3 is 2.60 bits per heavy atom. The van der Waals surface area contributed by atoms with Gasteiger partial charge < -0.3 is 9.64 Å². The van der Waals surface area contributed by atoms with Crippen LogP contribution in [0, 0.1) is 12.7 Å². The Kier molecular flexibility index (Phi) is 5.07. The van der Waals surface area contributed by atoms with Gasteiger partial charge in [-0.3, -0.25) is 9.78 Å². The van der Waals surface area contributed by atoms with Crippen LogP contribution in [0.3, 0.4) is 0 Å². The highest BCUT2D eigenvalue weighted by Gasteiger charge is 2.27. The number of pyridine rings is 1. The lowest BCUT2D eigenvalue weighted by atomic mass is 10.1. The molecule has 0 aliphatic carbocycles. The van der Waals surface area contributed by atoms with Crippen molar-refractivity contribution in [2.45, 2.75) is 25.9 Å². The van der Waals surface area contributed by atoms with Crippen molar-refractivity contribution in [3.8, 4) is 0 Å². The predicted octanol–water partition coefficient (Wildman–Crippen LogP) is 2.99. The number of rotatable bonds is 3. The zero-order chi connectivity index (χ0) is 17.8. The monoisotopic (exact) mass is 342 g/mol. The number of benzene rings is 1. The minimum Gasteiger partial charge on any atom is -0.459 e. The van der Waals surface area contributed by atoms with Crippen LogP contribution in [-0.4, -0.2) is 41.0 Å². The lowest BCUT2D eigenvalue weighted by Gasteiger charge is -2.31. The quantitative estimate of drug-likeness (QED) is 0.805. The van der Waals surface area contributed by atoms with Crippen LogP contribution in [0.15, 0.2) is 42.7 Å². The molecule has 0 unspecified atom stereocenters. The van der Waals surface area contributed by atoms with Crippen molar-refractivity contribution >= 4 is 11.9 Å². The first kappa shape index (κ1) is 17.1. The third-order valence-corrected chi connectivity index (χ3v) is 4.22. The number of aromatic nitrogens is 1. The SMILES string of the molecule is Cc1cncc(C(=O)OC2CCN(C(=O)c3ccccc3F)CC2)c1. The van der Waals surface area contributed by atoms with E-state index in [0.29, 0.717) is 31.5 Å². The first-order valence-electron chi connectivity index (χ1n) is 8.21. The van der Waals surface area contributed by atoms with Crippen LogP contribution in [0.25, 0.3) is 0 Å². The second-order valence-electron chi connectivity index (χ2n) is 6.13. The summed E-state index contributed by atoms with van der Waals surface area (Å²) in [4.78, 5) is 30.1. The number of carbonyl (C=O) groups excluding carboxylic acids is 2. The fourth-order valence-electron chi connectivity index (χ4n) is 2.87. The number of hydrogen-bond donors (Lipinski definition) is 0. The number of amides is 1. The van der Waals surface area contributed by atoms with Gasteiger partial charge in [0.1, 0.15) is 11.9 Å². The average Bonchev–Trinajstić information content (AvgIpc) is 2.62. The van der Waals surface area contributed by atoms with Gasteiger partial charge in [-0.25, -0.2) is 9.18 Å². The van der Waals surface area contributed by atoms with E-state index in [9.17, 15) is 14.0 Å². The largest absolute Gasteiger partial charge is 0.459 e. The van der Waals surface area contributed by atoms with E-state index < -0.39 is 11.8 Å². The van der Waals surface area contributed by atoms with Gasteiger partial charge in [0.2, 0.25) is 0 Å². The highest BCUT2D eigenvalue weighted by atomic mass is 19.1. The molecule has 2 heterocycles. The summed E-state index contributed by atoms with van der Waals surface area (Å²) in [6.07, 6.45) is 3.96. The van der Waals surface area contributed by atoms with Crippen molar-refractivity contribution in [3.05, 3.63) is 65.2 Å². The van der Waals surface area contributed by atoms with E-state index in [1.807, 2.05) is 6.92 Å². The van der Waals surface area contributed by atoms with Gasteiger partial charge in [-0.05, 0) is 30.7 Å². The molecule has 0 bridgehead atoms. The second kappa shape index (κ2) is 7.42. The second-order valence-corrected chi connectivity index (χ2v) is 6.13. The molecule has 25 heavy (non-hydrogen) atoms. The van der Waals surface area contributed by atoms with Crippen molar-refractivity contribution in [3.63, 3.8) is 0 Å². The Labute approximate surface area is 145 Å². The normalized spacial score (nSPS) is 15.0. The number of esters is 1. The number of hydrogen-bond acceptors (Lipinski definition) is 4. The molecule has 1 aromatic carbocycles. The number of ether oxygens (including phenoxy) is 1. The molecule has 0 radical (unpaired) electrons. The van der Waals surface area contributed by atoms with Crippen LogP contribution in [0.4, 0.5) is 4.39 Å². The van der Waals surface area contributed by atoms with E-state index in [2.05, 4.69) is 4.98 Å². The molecular formula is C19H19FN2O3. The van der Waals surface area contributed by atoms with Gasteiger partial charge in [0.25, 0.3) is 5.91 Å². The van der Waals surface area contributed by atoms with Crippen LogP contribution in [0.1, 0.15) is 39.1 Å². The van der Waals surface area contributed by atoms with Gasteiger partial charge in [-0.1, -0.05) is 12.1 Å². The first-order valence-corrected chi connectivity index (χ1v) is 8.21. The molecule has 1 amide bonds. The summed E-state index contributed by atoms with van der Waals surface area (Å²) in [5, 5.41) is 0. The maximum absolute atomic E-state index is 13.7. The summed E-state index contributed by atoms with van der Waals surface area (Å²) in [7, 11) is 0. The molecule has 0 N–H and O–H groups in total. The van der Waals surface area contributed by atoms with E-state index in [0.717, 1.165) is 5.56 Å². The summed E-state index contributed by atoms with van der Waals surface area (Å²) in [5.41, 5.74) is 1.38. The molecule has 1 aliphatic rings. The Bertz CT molecular complexity index is 786. The van der Waals surface area contributed by atoms with Gasteiger partial charge >= 0.3 is 5.97 Å². The summed E-state index contributed by atoms with van der Waals surface area (Å²) in [6, 6.07) is 7.68. The third-order valence-electron chi connectivity index (χ3n) is 4.22. The minimum absolute atomic E-state index is 0.0729. The Hall–Kier alpha value is -2.76. The summed E-state index contributed by atoms with van der Waals surface area (Å²) < 4.78 is 19.2. The van der Waals surface area contributed by atoms with Gasteiger partial charge in [-0.2, -0.15) is 0 Å². The van der Waals surface area contributed by atoms with Crippen molar-refractivity contribution in [1.82, 2.24) is 9.88 Å². The number of carbonyl (C=O) groups is 2. The maximum Gasteiger partial charge on any atom is 0.339 e. The molecule has 2 aromatic rings. The molecule has 6 heteroatoms. The lowest BCUT2D eigenvalue weighted by molar-refractivity contribution is 0.0119. The van der Waals surface area contributed by atoms with Crippen LogP contribution < -0.4 is 0 Å². The summed E-state index contributed by atoms with van der Waals surface area (Å²) in [5.74, 6) is -1.26. The van der Waals surface area contributed by atoms with Crippen molar-refractivity contribution in [2.75, 3.05) is 13.1 Å². The van der Waals surface area contributed by atoms with Crippen LogP contribution in [0.5, 0.6) is 0 Å². The van der Waals surface area contributed by atoms with E-state index in [4.69, 9.17) is 4.74 Å². The zero-order valence-corrected chi connectivity index (χ0v) is 13.9. The molecule has 1 saturated heterocycles. The van der Waals surface area contributed by atoms with E-state index >= 15 is 0 Å². The number of piperidine rings is 1. The average molecular weight is 342 g/mol. The molecule has 1 aliphatic heterocycles. The molecule has 130 valence electrons. The standard InChI is InChI=1S/C19H19FN2O3/c1-13-10-14(12-21-11-13)19(24)25-15-6-8-22(9-7-15)18(23)16-4-2-3-5-17(16)20/h2-5,10-12,15H,6-9H2,1H3. The van der Waals surface area contributed by atoms with Gasteiger partial charge in [0.05, 0.1) is 11.1 Å². The molecule has 0 saturated carbocycles. The van der Waals surface area contributed by atoms with E-state index in [1.54, 1.807) is 29.3 Å². The summed E-state index contributed by atoms with van der Waals surface area (Å²) >= 11 is 0. The fourth-order valence-corrected chi connectivity index (χ4v) is 2.87. The molecule has 1 fully saturated rings. The Balaban J connectivity index is 1.56. The van der Waals surface area contributed by atoms with Crippen molar-refractivity contribution in [2.24, 2.45) is 0 Å². The predicted molar refractivity (Wildman–Crippen MR) is 89.7 cm³/mol. The summed E-state index contributed by atoms with van der Waals surface area (Å²) in [6.45, 7) is 2.71. The zero-order valence-electron chi connectivity index (χ0n) is 13.9. The van der Waals surface area contributed by atoms with Crippen LogP contribution >= 0.6 is 0 Å². The number of likely N-dealkylation sites (tertiary alicyclic amines) is 1. The number of aryl methyl sites for hydroxylation is 1. The van der Waals surface area contributed by atoms with Gasteiger partial charge in [0, 0.05) is 38.3 Å². The van der Waals surface area contributed by atoms with Crippen LogP contribution in [-0.2, 0) is 4.74 Å². The Morgan fingerprint density at radius 2 is 1.92 bits per heavy atom. The molecule has 5 nitrogen and oxygen atoms in total. The first-order chi connectivity index (χ1) is 12.0. The molecular weight excluding hydrogens is 323 g/mol. The highest BCUT2D eigenvalue weighted by Crippen LogP contribution is 2.19. The Morgan fingerprint density at radius 1 is 1.20 bits per heavy atom. The molecule has 1 aromatic heterocycles. The number of halogens is 1. The van der Waals surface area contributed by atoms with E-state index in [1.165, 1.54) is 18.3 Å². The van der Waals surface area contributed by atoms with Crippen molar-refractivity contribution < 1.29 is 18.7 Å². The van der Waals surface area contributed by atoms with E-state index in [-0.39, 0.29) is 17.6 Å². The minimum atomic E-state index is -0.520. The maximum atomic E-state index is 13.7. The van der Waals surface area contributed by atoms with Crippen molar-refractivity contribution in [1.29, 1.82) is 0 Å². The topological polar surface area (TPSA) is 59.5 Å². The fraction of sp³-hybridized carbons (Fsp3) is 0.316. The smallest absolute Gasteiger partial charge is 0.339 e. The third kappa shape index (κ3) is 4.02. The van der Waals surface area contributed by atoms with Gasteiger partial charge in [0.15, 0.2) is 0 Å². The van der Waals surface area contributed by atoms with Crippen LogP contribution in [0.2, 0.25) is 0 Å². The lowest BCUT2D eigenvalue weighted by Crippen LogP contribution is -2.41. The molecule has 0 spiro atoms. The van der Waals surface area contributed by atoms with Gasteiger partial charge in [-0.15, -0.1) is 0 Å². The highest BCUT2D eigenvalue weighted by molar-refractivity contribution is 5.94. The molecule has 3 rings (SSSR count). The number of nitrogens with zero attached hydrogens (tertiary/aromatic N) is 2. The molecule has 0 atom stereocenters.